The maximum atomic E-state index is 14.5. The Bertz CT molecular complexity index is 1930. The highest BCUT2D eigenvalue weighted by Crippen LogP contribution is 2.46. The Morgan fingerprint density at radius 2 is 2.02 bits per heavy atom. The lowest BCUT2D eigenvalue weighted by Crippen LogP contribution is -2.43. The molecule has 0 bridgehead atoms. The number of rotatable bonds is 6. The van der Waals surface area contributed by atoms with Gasteiger partial charge in [-0.05, 0) is 38.4 Å². The fourth-order valence-corrected chi connectivity index (χ4v) is 7.46. The van der Waals surface area contributed by atoms with Crippen molar-refractivity contribution in [1.82, 2.24) is 24.8 Å². The lowest BCUT2D eigenvalue weighted by atomic mass is 9.95. The molecule has 4 aromatic rings. The lowest BCUT2D eigenvalue weighted by molar-refractivity contribution is -0.648. The fourth-order valence-electron chi connectivity index (χ4n) is 7.19. The smallest absolute Gasteiger partial charge is 0.420 e. The second-order valence-corrected chi connectivity index (χ2v) is 12.8. The van der Waals surface area contributed by atoms with Gasteiger partial charge in [-0.15, -0.1) is 0 Å². The van der Waals surface area contributed by atoms with Crippen LogP contribution in [-0.4, -0.2) is 69.4 Å². The molecule has 7 heterocycles. The van der Waals surface area contributed by atoms with E-state index in [9.17, 15) is 22.0 Å². The predicted molar refractivity (Wildman–Crippen MR) is 167 cm³/mol. The first-order chi connectivity index (χ1) is 22.8. The second kappa shape index (κ2) is 11.7. The van der Waals surface area contributed by atoms with Gasteiger partial charge >= 0.3 is 18.0 Å². The molecule has 7 rings (SSSR count). The van der Waals surface area contributed by atoms with E-state index in [1.165, 1.54) is 7.05 Å². The van der Waals surface area contributed by atoms with Crippen LogP contribution in [0.5, 0.6) is 11.9 Å². The van der Waals surface area contributed by atoms with Gasteiger partial charge in [0.05, 0.1) is 30.2 Å². The van der Waals surface area contributed by atoms with E-state index in [4.69, 9.17) is 37.5 Å². The van der Waals surface area contributed by atoms with Gasteiger partial charge < -0.3 is 20.1 Å². The van der Waals surface area contributed by atoms with Crippen LogP contribution in [0.15, 0.2) is 24.4 Å². The number of hydrogen-bond acceptors (Lipinski definition) is 10. The Hall–Kier alpha value is -4.31. The van der Waals surface area contributed by atoms with Crippen LogP contribution >= 0.6 is 11.6 Å². The van der Waals surface area contributed by atoms with Crippen molar-refractivity contribution in [3.63, 3.8) is 0 Å². The van der Waals surface area contributed by atoms with Crippen LogP contribution in [0.2, 0.25) is 5.02 Å². The average molecular weight is 693 g/mol. The first kappa shape index (κ1) is 32.2. The molecule has 3 aliphatic heterocycles. The van der Waals surface area contributed by atoms with Crippen LogP contribution in [0.4, 0.5) is 39.4 Å². The van der Waals surface area contributed by atoms with Gasteiger partial charge in [0.1, 0.15) is 53.2 Å². The molecular formula is C31H32ClF5N9O2+. The van der Waals surface area contributed by atoms with Gasteiger partial charge in [0.25, 0.3) is 0 Å². The van der Waals surface area contributed by atoms with Crippen molar-refractivity contribution >= 4 is 40.0 Å². The fraction of sp³-hybridized carbons (Fsp3) is 0.452. The summed E-state index contributed by atoms with van der Waals surface area (Å²) in [6.45, 7) is 3.32. The molecule has 2 fully saturated rings. The van der Waals surface area contributed by atoms with E-state index in [0.29, 0.717) is 30.4 Å². The predicted octanol–water partition coefficient (Wildman–Crippen LogP) is 4.80. The van der Waals surface area contributed by atoms with E-state index in [-0.39, 0.29) is 59.1 Å². The van der Waals surface area contributed by atoms with Crippen molar-refractivity contribution in [3.8, 4) is 23.3 Å². The molecule has 0 aliphatic carbocycles. The molecule has 2 saturated heterocycles. The van der Waals surface area contributed by atoms with Gasteiger partial charge in [0.15, 0.2) is 5.69 Å². The highest BCUT2D eigenvalue weighted by atomic mass is 35.5. The van der Waals surface area contributed by atoms with Crippen LogP contribution in [0.3, 0.4) is 0 Å². The zero-order chi connectivity index (χ0) is 34.1. The summed E-state index contributed by atoms with van der Waals surface area (Å²) in [5.41, 5.74) is 9.90. The van der Waals surface area contributed by atoms with E-state index >= 15 is 0 Å². The number of nitrogen functional groups attached to an aromatic ring is 2. The van der Waals surface area contributed by atoms with Crippen molar-refractivity contribution in [3.05, 3.63) is 46.4 Å². The van der Waals surface area contributed by atoms with Gasteiger partial charge in [0, 0.05) is 24.7 Å². The van der Waals surface area contributed by atoms with E-state index in [0.717, 1.165) is 24.0 Å². The summed E-state index contributed by atoms with van der Waals surface area (Å²) in [6, 6.07) is 3.33. The Kier molecular flexibility index (Phi) is 7.85. The summed E-state index contributed by atoms with van der Waals surface area (Å²) in [5.74, 6) is -1.33. The molecule has 11 nitrogen and oxygen atoms in total. The number of nitrogens with zero attached hydrogens (tertiary/aromatic N) is 7. The quantitative estimate of drug-likeness (QED) is 0.215. The first-order valence-corrected chi connectivity index (χ1v) is 15.8. The van der Waals surface area contributed by atoms with Gasteiger partial charge in [-0.3, -0.25) is 10.6 Å². The zero-order valence-corrected chi connectivity index (χ0v) is 26.7. The van der Waals surface area contributed by atoms with E-state index in [1.54, 1.807) is 12.3 Å². The molecule has 0 saturated carbocycles. The molecule has 0 radical (unpaired) electrons. The van der Waals surface area contributed by atoms with Gasteiger partial charge in [-0.2, -0.15) is 27.5 Å². The number of alkyl halides is 4. The largest absolute Gasteiger partial charge is 0.475 e. The van der Waals surface area contributed by atoms with Crippen molar-refractivity contribution < 1.29 is 36.0 Å². The third kappa shape index (κ3) is 5.25. The Balaban J connectivity index is 1.44. The summed E-state index contributed by atoms with van der Waals surface area (Å²) < 4.78 is 85.2. The molecule has 3 atom stereocenters. The summed E-state index contributed by atoms with van der Waals surface area (Å²) >= 11 is 6.93. The second-order valence-electron chi connectivity index (χ2n) is 12.4. The summed E-state index contributed by atoms with van der Waals surface area (Å²) in [6.07, 6.45) is -2.51. The van der Waals surface area contributed by atoms with E-state index < -0.39 is 46.8 Å². The molecular weight excluding hydrogens is 661 g/mol. The Morgan fingerprint density at radius 1 is 1.23 bits per heavy atom. The van der Waals surface area contributed by atoms with Gasteiger partial charge in [0.2, 0.25) is 11.7 Å². The number of halogens is 6. The van der Waals surface area contributed by atoms with Crippen LogP contribution in [-0.2, 0) is 13.2 Å². The standard InChI is InChI=1S/C31H31ClF5N9O2/c1-15(17-5-3-7-40-25(17)38)46-9-10-47-28-20-22(21(32)23(41-28)24-18(31(35,36)37)11-19(34)26(39)44(24)2)42-29(43-27(20)46)48-14-30-6-4-8-45(30)13-16(33)12-30/h3,5,7,11,15-16,39H,4,6,8-10,12-14H2,1-2H3,(H2,38,40)/p+1/t15-,16-,30+/m1/s1. The van der Waals surface area contributed by atoms with Crippen molar-refractivity contribution in [2.75, 3.05) is 49.2 Å². The molecule has 4 aromatic heterocycles. The first-order valence-electron chi connectivity index (χ1n) is 15.4. The number of pyridine rings is 3. The molecule has 0 amide bonds. The summed E-state index contributed by atoms with van der Waals surface area (Å²) in [5, 5.41) is -0.0711. The minimum Gasteiger partial charge on any atom is -0.475 e. The van der Waals surface area contributed by atoms with E-state index in [1.807, 2.05) is 17.9 Å². The topological polar surface area (TPSA) is 132 Å². The SMILES string of the molecule is C[C@H](c1cccnc1N)N1CCOc2nc(-c3c(C(F)(F)F)cc(F)c(N)[n+]3C)c(Cl)c3nc(OC[C@@]45CCCN4C[C@H](F)C5)nc1c23. The summed E-state index contributed by atoms with van der Waals surface area (Å²) in [4.78, 5) is 22.0. The lowest BCUT2D eigenvalue weighted by Gasteiger charge is -2.32. The normalized spacial score (nSPS) is 21.7. The number of fused-ring (bicyclic) bond motifs is 1. The third-order valence-corrected chi connectivity index (χ3v) is 9.93. The Morgan fingerprint density at radius 3 is 2.77 bits per heavy atom. The monoisotopic (exact) mass is 692 g/mol. The molecule has 0 spiro atoms. The molecule has 3 aliphatic rings. The maximum Gasteiger partial charge on any atom is 0.420 e. The third-order valence-electron chi connectivity index (χ3n) is 9.57. The molecule has 254 valence electrons. The number of anilines is 3. The summed E-state index contributed by atoms with van der Waals surface area (Å²) in [7, 11) is 1.18. The Labute approximate surface area is 276 Å². The minimum absolute atomic E-state index is 0.0125. The number of hydrogen-bond donors (Lipinski definition) is 2. The van der Waals surface area contributed by atoms with Gasteiger partial charge in [-0.25, -0.2) is 18.9 Å². The van der Waals surface area contributed by atoms with Crippen molar-refractivity contribution in [2.24, 2.45) is 7.05 Å². The molecule has 17 heteroatoms. The van der Waals surface area contributed by atoms with Crippen LogP contribution < -0.4 is 30.4 Å². The van der Waals surface area contributed by atoms with Gasteiger partial charge in [-0.1, -0.05) is 17.7 Å². The molecule has 48 heavy (non-hydrogen) atoms. The van der Waals surface area contributed by atoms with Crippen LogP contribution in [0, 0.1) is 5.82 Å². The minimum atomic E-state index is -5.00. The van der Waals surface area contributed by atoms with Crippen molar-refractivity contribution in [1.29, 1.82) is 0 Å². The highest BCUT2D eigenvalue weighted by molar-refractivity contribution is 6.38. The zero-order valence-electron chi connectivity index (χ0n) is 26.0. The van der Waals surface area contributed by atoms with Crippen LogP contribution in [0.25, 0.3) is 22.3 Å². The van der Waals surface area contributed by atoms with E-state index in [2.05, 4.69) is 19.9 Å². The molecule has 0 unspecified atom stereocenters. The maximum absolute atomic E-state index is 14.5. The number of aromatic nitrogens is 5. The number of ether oxygens (including phenoxy) is 2. The average Bonchev–Trinajstić information content (AvgIpc) is 3.50. The molecule has 0 aromatic carbocycles. The van der Waals surface area contributed by atoms with Crippen LogP contribution in [0.1, 0.15) is 43.4 Å². The highest BCUT2D eigenvalue weighted by Gasteiger charge is 2.49. The number of nitrogens with two attached hydrogens (primary N) is 2. The molecule has 4 N–H and O–H groups in total. The van der Waals surface area contributed by atoms with Crippen molar-refractivity contribution in [2.45, 2.75) is 50.1 Å².